The molecule has 276 valence electrons. The number of nitrogens with zero attached hydrogens (tertiary/aromatic N) is 1. The first-order chi connectivity index (χ1) is 23.2. The van der Waals surface area contributed by atoms with Crippen LogP contribution in [-0.2, 0) is 18.5 Å². The van der Waals surface area contributed by atoms with Crippen molar-refractivity contribution in [3.63, 3.8) is 0 Å². The van der Waals surface area contributed by atoms with Crippen molar-refractivity contribution < 1.29 is 49.0 Å². The standard InChI is InChI=1S/C16H10Cl2F3NO2S.C8H6F3NS.C7H6F3NS.ClH/c1-24-14-10(17)4-8(5-11(14)18)15(23)22-7-25-13-3-2-9(6-12(13)22)16(19,20)21;9-8(10,11)5-1-2-7-6(3-5)12-4-13-7;8-7(9,10)4-1-2-6(12)5(11)3-4;/h2-6H,7H2,1H3;1-3,12H,4H2;1-3,12H,11H2;1H. The van der Waals surface area contributed by atoms with Gasteiger partial charge in [-0.05, 0) is 66.7 Å². The molecule has 1 amide bonds. The zero-order chi connectivity index (χ0) is 37.2. The minimum atomic E-state index is -4.48. The lowest BCUT2D eigenvalue weighted by Crippen LogP contribution is -2.28. The van der Waals surface area contributed by atoms with E-state index in [4.69, 9.17) is 33.7 Å². The molecule has 0 fully saturated rings. The maximum Gasteiger partial charge on any atom is 0.416 e. The lowest BCUT2D eigenvalue weighted by molar-refractivity contribution is -0.138. The number of halogens is 12. The van der Waals surface area contributed by atoms with Crippen molar-refractivity contribution in [1.82, 2.24) is 0 Å². The average molecular weight is 843 g/mol. The molecule has 0 saturated carbocycles. The van der Waals surface area contributed by atoms with Crippen molar-refractivity contribution in [2.24, 2.45) is 0 Å². The van der Waals surface area contributed by atoms with Gasteiger partial charge in [0.1, 0.15) is 0 Å². The number of amides is 1. The van der Waals surface area contributed by atoms with Gasteiger partial charge in [-0.15, -0.1) is 48.6 Å². The first kappa shape index (κ1) is 42.5. The molecule has 0 radical (unpaired) electrons. The molecular formula is C31H23Cl3F9N3O2S3. The molecule has 4 aromatic rings. The normalized spacial score (nSPS) is 13.4. The molecule has 0 aliphatic carbocycles. The summed E-state index contributed by atoms with van der Waals surface area (Å²) >= 11 is 18.7. The van der Waals surface area contributed by atoms with E-state index in [1.807, 2.05) is 0 Å². The van der Waals surface area contributed by atoms with E-state index < -0.39 is 41.1 Å². The number of nitrogens with one attached hydrogen (secondary N) is 1. The summed E-state index contributed by atoms with van der Waals surface area (Å²) in [5.41, 5.74) is 4.09. The summed E-state index contributed by atoms with van der Waals surface area (Å²) < 4.78 is 117. The van der Waals surface area contributed by atoms with Crippen molar-refractivity contribution in [2.45, 2.75) is 33.2 Å². The molecule has 0 atom stereocenters. The van der Waals surface area contributed by atoms with E-state index in [2.05, 4.69) is 17.9 Å². The van der Waals surface area contributed by atoms with Crippen LogP contribution in [0.3, 0.4) is 0 Å². The number of fused-ring (bicyclic) bond motifs is 2. The van der Waals surface area contributed by atoms with Gasteiger partial charge in [0.25, 0.3) is 5.91 Å². The number of nitrogen functional groups attached to an aromatic ring is 1. The number of thioether (sulfide) groups is 2. The lowest BCUT2D eigenvalue weighted by Gasteiger charge is -2.18. The molecule has 2 aliphatic rings. The van der Waals surface area contributed by atoms with Crippen LogP contribution in [-0.4, -0.2) is 24.8 Å². The van der Waals surface area contributed by atoms with E-state index >= 15 is 0 Å². The van der Waals surface area contributed by atoms with Crippen LogP contribution in [0.2, 0.25) is 10.0 Å². The van der Waals surface area contributed by atoms with Crippen LogP contribution in [0.15, 0.2) is 81.4 Å². The van der Waals surface area contributed by atoms with Crippen molar-refractivity contribution >= 4 is 94.7 Å². The average Bonchev–Trinajstić information content (AvgIpc) is 3.68. The number of ether oxygens (including phenoxy) is 1. The molecule has 0 aromatic heterocycles. The smallest absolute Gasteiger partial charge is 0.416 e. The molecule has 20 heteroatoms. The molecule has 0 bridgehead atoms. The Balaban J connectivity index is 0.000000227. The van der Waals surface area contributed by atoms with Gasteiger partial charge in [-0.3, -0.25) is 9.69 Å². The highest BCUT2D eigenvalue weighted by molar-refractivity contribution is 8.00. The lowest BCUT2D eigenvalue weighted by atomic mass is 10.1. The van der Waals surface area contributed by atoms with Gasteiger partial charge in [-0.25, -0.2) is 0 Å². The summed E-state index contributed by atoms with van der Waals surface area (Å²) in [4.78, 5) is 15.9. The molecule has 5 nitrogen and oxygen atoms in total. The molecular weight excluding hydrogens is 820 g/mol. The number of hydrogen-bond donors (Lipinski definition) is 3. The van der Waals surface area contributed by atoms with Crippen molar-refractivity contribution in [3.8, 4) is 5.75 Å². The maximum atomic E-state index is 12.9. The second kappa shape index (κ2) is 16.8. The van der Waals surface area contributed by atoms with Gasteiger partial charge in [0.2, 0.25) is 0 Å². The van der Waals surface area contributed by atoms with Crippen molar-refractivity contribution in [2.75, 3.05) is 34.8 Å². The van der Waals surface area contributed by atoms with E-state index in [0.29, 0.717) is 21.4 Å². The Morgan fingerprint density at radius 3 is 1.84 bits per heavy atom. The van der Waals surface area contributed by atoms with E-state index in [-0.39, 0.29) is 51.0 Å². The number of alkyl halides is 9. The molecule has 51 heavy (non-hydrogen) atoms. The zero-order valence-electron chi connectivity index (χ0n) is 25.4. The Kier molecular flexibility index (Phi) is 14.0. The topological polar surface area (TPSA) is 67.6 Å². The Bertz CT molecular complexity index is 1870. The summed E-state index contributed by atoms with van der Waals surface area (Å²) in [5, 5.41) is 3.17. The number of anilines is 3. The first-order valence-electron chi connectivity index (χ1n) is 13.6. The molecule has 0 saturated heterocycles. The van der Waals surface area contributed by atoms with E-state index in [0.717, 1.165) is 41.3 Å². The molecule has 0 unspecified atom stereocenters. The number of carbonyl (C=O) groups excluding carboxylic acids is 1. The van der Waals surface area contributed by atoms with Gasteiger partial charge in [0, 0.05) is 31.6 Å². The number of methoxy groups -OCH3 is 1. The largest absolute Gasteiger partial charge is 0.494 e. The summed E-state index contributed by atoms with van der Waals surface area (Å²) in [6, 6.07) is 12.9. The number of carbonyl (C=O) groups is 1. The molecule has 4 aromatic carbocycles. The third-order valence-corrected chi connectivity index (χ3v) is 9.74. The fourth-order valence-corrected chi connectivity index (χ4v) is 6.95. The highest BCUT2D eigenvalue weighted by Gasteiger charge is 2.35. The number of benzene rings is 4. The van der Waals surface area contributed by atoms with Gasteiger partial charge < -0.3 is 15.8 Å². The second-order valence-electron chi connectivity index (χ2n) is 10.1. The first-order valence-corrected chi connectivity index (χ1v) is 16.8. The molecule has 0 spiro atoms. The van der Waals surface area contributed by atoms with Crippen LogP contribution in [0.4, 0.5) is 56.6 Å². The summed E-state index contributed by atoms with van der Waals surface area (Å²) in [6.07, 6.45) is -13.1. The van der Waals surface area contributed by atoms with Gasteiger partial charge >= 0.3 is 18.5 Å². The van der Waals surface area contributed by atoms with Gasteiger partial charge in [-0.2, -0.15) is 39.5 Å². The van der Waals surface area contributed by atoms with E-state index in [1.165, 1.54) is 65.9 Å². The predicted molar refractivity (Wildman–Crippen MR) is 188 cm³/mol. The fraction of sp³-hybridized carbons (Fsp3) is 0.194. The second-order valence-corrected chi connectivity index (χ2v) is 13.4. The van der Waals surface area contributed by atoms with Crippen LogP contribution < -0.4 is 20.7 Å². The monoisotopic (exact) mass is 841 g/mol. The molecule has 2 heterocycles. The number of thiol groups is 1. The summed E-state index contributed by atoms with van der Waals surface area (Å²) in [6.45, 7) is 0. The Labute approximate surface area is 315 Å². The van der Waals surface area contributed by atoms with Gasteiger partial charge in [0.05, 0.1) is 51.3 Å². The predicted octanol–water partition coefficient (Wildman–Crippen LogP) is 11.9. The van der Waals surface area contributed by atoms with Crippen molar-refractivity contribution in [1.29, 1.82) is 0 Å². The Morgan fingerprint density at radius 1 is 0.804 bits per heavy atom. The molecule has 2 aliphatic heterocycles. The third-order valence-electron chi connectivity index (χ3n) is 6.77. The Hall–Kier alpha value is -2.96. The number of hydrogen-bond acceptors (Lipinski definition) is 7. The maximum absolute atomic E-state index is 12.9. The highest BCUT2D eigenvalue weighted by Crippen LogP contribution is 2.44. The Morgan fingerprint density at radius 2 is 1.31 bits per heavy atom. The van der Waals surface area contributed by atoms with E-state index in [1.54, 1.807) is 0 Å². The van der Waals surface area contributed by atoms with Crippen molar-refractivity contribution in [3.05, 3.63) is 99.0 Å². The third kappa shape index (κ3) is 10.6. The zero-order valence-corrected chi connectivity index (χ0v) is 30.3. The quantitative estimate of drug-likeness (QED) is 0.106. The fourth-order valence-electron chi connectivity index (χ4n) is 4.33. The van der Waals surface area contributed by atoms with Crippen LogP contribution in [0, 0.1) is 0 Å². The minimum Gasteiger partial charge on any atom is -0.494 e. The van der Waals surface area contributed by atoms with Crippen LogP contribution in [0.5, 0.6) is 5.75 Å². The van der Waals surface area contributed by atoms with Crippen LogP contribution in [0.1, 0.15) is 27.0 Å². The van der Waals surface area contributed by atoms with Crippen LogP contribution in [0.25, 0.3) is 0 Å². The van der Waals surface area contributed by atoms with Crippen LogP contribution >= 0.6 is 71.8 Å². The molecule has 6 rings (SSSR count). The minimum absolute atomic E-state index is 0. The van der Waals surface area contributed by atoms with Gasteiger partial charge in [-0.1, -0.05) is 23.2 Å². The van der Waals surface area contributed by atoms with Gasteiger partial charge in [0.15, 0.2) is 5.75 Å². The molecule has 3 N–H and O–H groups in total. The number of rotatable bonds is 2. The number of nitrogens with two attached hydrogens (primary N) is 1. The summed E-state index contributed by atoms with van der Waals surface area (Å²) in [7, 11) is 1.39. The SMILES string of the molecule is COc1c(Cl)cc(C(=O)N2CSc3ccc(C(F)(F)F)cc32)cc1Cl.Cl.FC(F)(F)c1ccc2c(c1)NCS2.Nc1cc(C(F)(F)F)ccc1S. The van der Waals surface area contributed by atoms with E-state index in [9.17, 15) is 44.3 Å². The summed E-state index contributed by atoms with van der Waals surface area (Å²) in [5.74, 6) is 0.598. The highest BCUT2D eigenvalue weighted by atomic mass is 35.5.